The van der Waals surface area contributed by atoms with Gasteiger partial charge in [0.05, 0.1) is 0 Å². The highest BCUT2D eigenvalue weighted by Crippen LogP contribution is 2.54. The first-order chi connectivity index (χ1) is 21.3. The number of benzene rings is 7. The van der Waals surface area contributed by atoms with Crippen LogP contribution in [0.4, 0.5) is 0 Å². The van der Waals surface area contributed by atoms with Crippen molar-refractivity contribution in [3.05, 3.63) is 194 Å². The van der Waals surface area contributed by atoms with Crippen LogP contribution in [0.3, 0.4) is 0 Å². The van der Waals surface area contributed by atoms with Gasteiger partial charge in [-0.15, -0.1) is 0 Å². The third-order valence-electron chi connectivity index (χ3n) is 8.23. The van der Waals surface area contributed by atoms with Crippen LogP contribution in [0.5, 0.6) is 0 Å². The van der Waals surface area contributed by atoms with Gasteiger partial charge in [-0.3, -0.25) is 0 Å². The van der Waals surface area contributed by atoms with Crippen molar-refractivity contribution in [1.82, 2.24) is 0 Å². The summed E-state index contributed by atoms with van der Waals surface area (Å²) in [5, 5.41) is 5.39. The molecule has 0 heterocycles. The maximum Gasteiger partial charge on any atom is 0.144 e. The maximum atomic E-state index is 2.36. The lowest BCUT2D eigenvalue weighted by atomic mass is 10.1. The van der Waals surface area contributed by atoms with Gasteiger partial charge in [0, 0.05) is 0 Å². The van der Waals surface area contributed by atoms with Crippen LogP contribution in [0, 0.1) is 0 Å². The van der Waals surface area contributed by atoms with Crippen LogP contribution in [-0.2, 0) is 0 Å². The van der Waals surface area contributed by atoms with E-state index in [1.165, 1.54) is 54.6 Å². The first-order valence-electron chi connectivity index (χ1n) is 14.8. The van der Waals surface area contributed by atoms with Gasteiger partial charge in [-0.2, -0.15) is 0 Å². The molecule has 0 nitrogen and oxygen atoms in total. The Morgan fingerprint density at radius 3 is 0.674 bits per heavy atom. The summed E-state index contributed by atoms with van der Waals surface area (Å²) in [7, 11) is -2.24. The third-order valence-corrected chi connectivity index (χ3v) is 12.5. The highest BCUT2D eigenvalue weighted by Gasteiger charge is 2.47. The molecule has 7 aromatic carbocycles. The van der Waals surface area contributed by atoms with E-state index in [1.807, 2.05) is 0 Å². The molecule has 7 rings (SSSR count). The van der Waals surface area contributed by atoms with E-state index in [0.717, 1.165) is 0 Å². The van der Waals surface area contributed by atoms with Crippen molar-refractivity contribution in [2.75, 3.05) is 0 Å². The van der Waals surface area contributed by atoms with Crippen molar-refractivity contribution in [1.29, 1.82) is 0 Å². The summed E-state index contributed by atoms with van der Waals surface area (Å²) < 4.78 is 0. The molecule has 0 amide bonds. The van der Waals surface area contributed by atoms with Gasteiger partial charge in [0.25, 0.3) is 0 Å². The SMILES string of the molecule is c1ccc(-c2ccc([P+](c3ccccc3)(c3ccc(-c4ccccc4)cc3)c3ccc(-c4ccccc4)cc3)cc2)cc1. The largest absolute Gasteiger partial charge is 0.144 e. The Morgan fingerprint density at radius 2 is 0.395 bits per heavy atom. The third kappa shape index (κ3) is 5.23. The van der Waals surface area contributed by atoms with E-state index in [2.05, 4.69) is 194 Å². The molecular formula is C42H32P+. The van der Waals surface area contributed by atoms with Crippen molar-refractivity contribution < 1.29 is 0 Å². The van der Waals surface area contributed by atoms with Crippen molar-refractivity contribution in [3.63, 3.8) is 0 Å². The fourth-order valence-electron chi connectivity index (χ4n) is 6.07. The van der Waals surface area contributed by atoms with Crippen LogP contribution in [0.1, 0.15) is 0 Å². The molecule has 0 aromatic heterocycles. The van der Waals surface area contributed by atoms with Gasteiger partial charge < -0.3 is 0 Å². The lowest BCUT2D eigenvalue weighted by Crippen LogP contribution is -2.38. The van der Waals surface area contributed by atoms with Crippen molar-refractivity contribution >= 4 is 28.5 Å². The molecule has 0 saturated carbocycles. The predicted molar refractivity (Wildman–Crippen MR) is 188 cm³/mol. The molecule has 7 aromatic rings. The monoisotopic (exact) mass is 567 g/mol. The standard InChI is InChI=1S/C42H32P/c1-5-13-33(14-6-1)36-21-27-40(28-22-36)43(39-19-11-4-12-20-39,41-29-23-37(24-30-41)34-15-7-2-8-16-34)42-31-25-38(26-32-42)35-17-9-3-10-18-35/h1-32H/q+1. The minimum atomic E-state index is -2.24. The summed E-state index contributed by atoms with van der Waals surface area (Å²) in [5.41, 5.74) is 7.39. The molecule has 0 aliphatic rings. The predicted octanol–water partition coefficient (Wildman–Crippen LogP) is 9.31. The van der Waals surface area contributed by atoms with Crippen LogP contribution in [-0.4, -0.2) is 0 Å². The summed E-state index contributed by atoms with van der Waals surface area (Å²) in [6.07, 6.45) is 0. The van der Waals surface area contributed by atoms with Crippen LogP contribution in [0.2, 0.25) is 0 Å². The van der Waals surface area contributed by atoms with E-state index < -0.39 is 7.26 Å². The summed E-state index contributed by atoms with van der Waals surface area (Å²) in [6, 6.07) is 70.9. The Hall–Kier alpha value is -5.03. The fourth-order valence-corrected chi connectivity index (χ4v) is 10.3. The highest BCUT2D eigenvalue weighted by molar-refractivity contribution is 8.01. The molecule has 0 aliphatic carbocycles. The first kappa shape index (κ1) is 26.8. The van der Waals surface area contributed by atoms with E-state index in [-0.39, 0.29) is 0 Å². The quantitative estimate of drug-likeness (QED) is 0.168. The minimum Gasteiger partial charge on any atom is -0.0622 e. The van der Waals surface area contributed by atoms with Gasteiger partial charge in [-0.25, -0.2) is 0 Å². The van der Waals surface area contributed by atoms with E-state index in [9.17, 15) is 0 Å². The molecular weight excluding hydrogens is 535 g/mol. The average molecular weight is 568 g/mol. The number of rotatable bonds is 7. The molecule has 0 N–H and O–H groups in total. The fraction of sp³-hybridized carbons (Fsp3) is 0. The molecule has 0 bridgehead atoms. The van der Waals surface area contributed by atoms with Gasteiger partial charge in [-0.05, 0) is 81.9 Å². The van der Waals surface area contributed by atoms with Gasteiger partial charge >= 0.3 is 0 Å². The normalized spacial score (nSPS) is 11.3. The molecule has 0 aliphatic heterocycles. The first-order valence-corrected chi connectivity index (χ1v) is 16.5. The summed E-state index contributed by atoms with van der Waals surface area (Å²) in [4.78, 5) is 0. The molecule has 0 radical (unpaired) electrons. The van der Waals surface area contributed by atoms with Crippen molar-refractivity contribution in [2.45, 2.75) is 0 Å². The second-order valence-corrected chi connectivity index (χ2v) is 14.2. The summed E-state index contributed by atoms with van der Waals surface area (Å²) in [5.74, 6) is 0. The van der Waals surface area contributed by atoms with Crippen LogP contribution >= 0.6 is 7.26 Å². The zero-order valence-corrected chi connectivity index (χ0v) is 24.8. The Labute approximate surface area is 255 Å². The molecule has 0 saturated heterocycles. The minimum absolute atomic E-state index is 1.23. The molecule has 0 unspecified atom stereocenters. The molecule has 0 fully saturated rings. The van der Waals surface area contributed by atoms with E-state index in [1.54, 1.807) is 0 Å². The zero-order chi connectivity index (χ0) is 28.9. The summed E-state index contributed by atoms with van der Waals surface area (Å²) >= 11 is 0. The summed E-state index contributed by atoms with van der Waals surface area (Å²) in [6.45, 7) is 0. The van der Waals surface area contributed by atoms with E-state index in [0.29, 0.717) is 0 Å². The van der Waals surface area contributed by atoms with Crippen molar-refractivity contribution in [3.8, 4) is 33.4 Å². The highest BCUT2D eigenvalue weighted by atomic mass is 31.2. The number of hydrogen-bond acceptors (Lipinski definition) is 0. The van der Waals surface area contributed by atoms with Gasteiger partial charge in [0.2, 0.25) is 0 Å². The van der Waals surface area contributed by atoms with Crippen LogP contribution in [0.25, 0.3) is 33.4 Å². The Kier molecular flexibility index (Phi) is 7.53. The molecule has 0 atom stereocenters. The van der Waals surface area contributed by atoms with Gasteiger partial charge in [0.15, 0.2) is 0 Å². The number of hydrogen-bond donors (Lipinski definition) is 0. The lowest BCUT2D eigenvalue weighted by molar-refractivity contribution is 1.62. The molecule has 1 heteroatoms. The van der Waals surface area contributed by atoms with Crippen LogP contribution in [0.15, 0.2) is 194 Å². The lowest BCUT2D eigenvalue weighted by Gasteiger charge is -2.28. The molecule has 0 spiro atoms. The Balaban J connectivity index is 1.44. The van der Waals surface area contributed by atoms with Gasteiger partial charge in [-0.1, -0.05) is 146 Å². The molecule has 43 heavy (non-hydrogen) atoms. The average Bonchev–Trinajstić information content (AvgIpc) is 3.11. The Morgan fingerprint density at radius 1 is 0.186 bits per heavy atom. The second kappa shape index (κ2) is 12.1. The maximum absolute atomic E-state index is 2.36. The smallest absolute Gasteiger partial charge is 0.0622 e. The van der Waals surface area contributed by atoms with Crippen molar-refractivity contribution in [2.24, 2.45) is 0 Å². The Bertz CT molecular complexity index is 1690. The van der Waals surface area contributed by atoms with E-state index >= 15 is 0 Å². The van der Waals surface area contributed by atoms with Crippen LogP contribution < -0.4 is 21.2 Å². The topological polar surface area (TPSA) is 0 Å². The molecule has 204 valence electrons. The van der Waals surface area contributed by atoms with Gasteiger partial charge in [0.1, 0.15) is 28.5 Å². The second-order valence-electron chi connectivity index (χ2n) is 10.7. The van der Waals surface area contributed by atoms with E-state index in [4.69, 9.17) is 0 Å². The zero-order valence-electron chi connectivity index (χ0n) is 23.9.